The Morgan fingerprint density at radius 3 is 2.69 bits per heavy atom. The minimum Gasteiger partial charge on any atom is -0.384 e. The van der Waals surface area contributed by atoms with E-state index in [0.29, 0.717) is 12.2 Å². The van der Waals surface area contributed by atoms with Crippen molar-refractivity contribution in [1.82, 2.24) is 0 Å². The van der Waals surface area contributed by atoms with Gasteiger partial charge in [-0.2, -0.15) is 0 Å². The molecule has 0 aromatic heterocycles. The lowest BCUT2D eigenvalue weighted by atomic mass is 10.2. The molecule has 72 valence electrons. The van der Waals surface area contributed by atoms with Gasteiger partial charge in [-0.05, 0) is 13.0 Å². The van der Waals surface area contributed by atoms with Crippen molar-refractivity contribution < 1.29 is 8.78 Å². The second-order valence-electron chi connectivity index (χ2n) is 2.54. The summed E-state index contributed by atoms with van der Waals surface area (Å²) in [5.74, 6) is 0. The molecule has 1 aromatic rings. The number of nitrogens with one attached hydrogen (secondary N) is 1. The van der Waals surface area contributed by atoms with Crippen molar-refractivity contribution >= 4 is 17.3 Å². The van der Waals surface area contributed by atoms with Crippen LogP contribution in [0.5, 0.6) is 0 Å². The van der Waals surface area contributed by atoms with E-state index in [4.69, 9.17) is 11.6 Å². The predicted octanol–water partition coefficient (Wildman–Crippen LogP) is 3.71. The third-order valence-electron chi connectivity index (χ3n) is 1.63. The van der Waals surface area contributed by atoms with E-state index in [0.717, 1.165) is 0 Å². The fourth-order valence-electron chi connectivity index (χ4n) is 1.05. The van der Waals surface area contributed by atoms with Crippen LogP contribution < -0.4 is 5.32 Å². The van der Waals surface area contributed by atoms with Gasteiger partial charge in [-0.1, -0.05) is 23.7 Å². The van der Waals surface area contributed by atoms with E-state index >= 15 is 0 Å². The fourth-order valence-corrected chi connectivity index (χ4v) is 1.32. The monoisotopic (exact) mass is 205 g/mol. The first-order valence-corrected chi connectivity index (χ1v) is 4.35. The lowest BCUT2D eigenvalue weighted by Gasteiger charge is -2.09. The van der Waals surface area contributed by atoms with Crippen LogP contribution in [0.1, 0.15) is 18.9 Å². The number of halogens is 3. The van der Waals surface area contributed by atoms with Crippen LogP contribution in [0.2, 0.25) is 5.02 Å². The fraction of sp³-hybridized carbons (Fsp3) is 0.333. The number of hydrogen-bond acceptors (Lipinski definition) is 1. The minimum absolute atomic E-state index is 0.111. The van der Waals surface area contributed by atoms with Gasteiger partial charge in [0.15, 0.2) is 0 Å². The SMILES string of the molecule is CCNc1cccc(C(F)F)c1Cl. The van der Waals surface area contributed by atoms with Gasteiger partial charge in [0, 0.05) is 12.1 Å². The van der Waals surface area contributed by atoms with Gasteiger partial charge < -0.3 is 5.32 Å². The van der Waals surface area contributed by atoms with Gasteiger partial charge in [-0.15, -0.1) is 0 Å². The third kappa shape index (κ3) is 2.31. The molecule has 0 aliphatic rings. The summed E-state index contributed by atoms with van der Waals surface area (Å²) in [6, 6.07) is 4.57. The van der Waals surface area contributed by atoms with E-state index in [2.05, 4.69) is 5.32 Å². The average molecular weight is 206 g/mol. The Morgan fingerprint density at radius 2 is 2.15 bits per heavy atom. The Kier molecular flexibility index (Phi) is 3.48. The highest BCUT2D eigenvalue weighted by molar-refractivity contribution is 6.34. The Labute approximate surface area is 80.7 Å². The summed E-state index contributed by atoms with van der Waals surface area (Å²) in [5.41, 5.74) is 0.432. The van der Waals surface area contributed by atoms with Crippen LogP contribution in [0.3, 0.4) is 0 Å². The zero-order valence-electron chi connectivity index (χ0n) is 7.15. The molecule has 1 nitrogen and oxygen atoms in total. The largest absolute Gasteiger partial charge is 0.384 e. The second-order valence-corrected chi connectivity index (χ2v) is 2.92. The van der Waals surface area contributed by atoms with E-state index in [1.54, 1.807) is 12.1 Å². The molecule has 13 heavy (non-hydrogen) atoms. The summed E-state index contributed by atoms with van der Waals surface area (Å²) in [7, 11) is 0. The molecule has 0 saturated carbocycles. The number of alkyl halides is 2. The molecule has 0 spiro atoms. The van der Waals surface area contributed by atoms with E-state index in [-0.39, 0.29) is 10.6 Å². The van der Waals surface area contributed by atoms with Crippen molar-refractivity contribution in [3.05, 3.63) is 28.8 Å². The smallest absolute Gasteiger partial charge is 0.265 e. The normalized spacial score (nSPS) is 10.5. The van der Waals surface area contributed by atoms with Crippen LogP contribution in [-0.2, 0) is 0 Å². The first-order chi connectivity index (χ1) is 6.16. The molecule has 0 unspecified atom stereocenters. The molecule has 0 saturated heterocycles. The van der Waals surface area contributed by atoms with Gasteiger partial charge in [-0.25, -0.2) is 8.78 Å². The summed E-state index contributed by atoms with van der Waals surface area (Å²) in [5, 5.41) is 3.02. The maximum Gasteiger partial charge on any atom is 0.265 e. The van der Waals surface area contributed by atoms with Crippen molar-refractivity contribution in [2.75, 3.05) is 11.9 Å². The van der Waals surface area contributed by atoms with E-state index < -0.39 is 6.43 Å². The van der Waals surface area contributed by atoms with Crippen molar-refractivity contribution in [2.45, 2.75) is 13.3 Å². The molecule has 0 amide bonds. The zero-order valence-corrected chi connectivity index (χ0v) is 7.91. The standard InChI is InChI=1S/C9H10ClF2N/c1-2-13-7-5-3-4-6(8(7)10)9(11)12/h3-5,9,13H,2H2,1H3. The number of hydrogen-bond donors (Lipinski definition) is 1. The van der Waals surface area contributed by atoms with Gasteiger partial charge in [0.25, 0.3) is 6.43 Å². The summed E-state index contributed by atoms with van der Waals surface area (Å²) in [4.78, 5) is 0. The van der Waals surface area contributed by atoms with Crippen molar-refractivity contribution in [2.24, 2.45) is 0 Å². The average Bonchev–Trinajstić information content (AvgIpc) is 2.08. The van der Waals surface area contributed by atoms with Crippen molar-refractivity contribution in [1.29, 1.82) is 0 Å². The zero-order chi connectivity index (χ0) is 9.84. The molecule has 0 radical (unpaired) electrons. The molecule has 0 fully saturated rings. The third-order valence-corrected chi connectivity index (χ3v) is 2.05. The highest BCUT2D eigenvalue weighted by Gasteiger charge is 2.13. The van der Waals surface area contributed by atoms with Crippen molar-refractivity contribution in [3.63, 3.8) is 0 Å². The van der Waals surface area contributed by atoms with E-state index in [9.17, 15) is 8.78 Å². The van der Waals surface area contributed by atoms with Gasteiger partial charge in [0.1, 0.15) is 0 Å². The molecule has 1 N–H and O–H groups in total. The van der Waals surface area contributed by atoms with E-state index in [1.165, 1.54) is 6.07 Å². The molecule has 0 aliphatic carbocycles. The molecule has 4 heteroatoms. The van der Waals surface area contributed by atoms with E-state index in [1.807, 2.05) is 6.92 Å². The van der Waals surface area contributed by atoms with Crippen LogP contribution in [0, 0.1) is 0 Å². The molecular weight excluding hydrogens is 196 g/mol. The predicted molar refractivity (Wildman–Crippen MR) is 50.6 cm³/mol. The molecule has 0 heterocycles. The van der Waals surface area contributed by atoms with Crippen LogP contribution in [0.15, 0.2) is 18.2 Å². The Bertz CT molecular complexity index is 289. The highest BCUT2D eigenvalue weighted by Crippen LogP contribution is 2.32. The first-order valence-electron chi connectivity index (χ1n) is 3.97. The minimum atomic E-state index is -2.52. The lowest BCUT2D eigenvalue weighted by Crippen LogP contribution is -1.98. The maximum atomic E-state index is 12.3. The van der Waals surface area contributed by atoms with Crippen LogP contribution in [-0.4, -0.2) is 6.54 Å². The van der Waals surface area contributed by atoms with Gasteiger partial charge >= 0.3 is 0 Å². The van der Waals surface area contributed by atoms with Crippen LogP contribution in [0.4, 0.5) is 14.5 Å². The number of rotatable bonds is 3. The van der Waals surface area contributed by atoms with Gasteiger partial charge in [-0.3, -0.25) is 0 Å². The molecule has 0 bridgehead atoms. The summed E-state index contributed by atoms with van der Waals surface area (Å²) in [6.07, 6.45) is -2.52. The molecule has 1 aromatic carbocycles. The highest BCUT2D eigenvalue weighted by atomic mass is 35.5. The first kappa shape index (κ1) is 10.3. The molecular formula is C9H10ClF2N. The number of anilines is 1. The molecule has 1 rings (SSSR count). The Balaban J connectivity index is 3.03. The summed E-state index contributed by atoms with van der Waals surface area (Å²) >= 11 is 5.74. The van der Waals surface area contributed by atoms with Crippen LogP contribution >= 0.6 is 11.6 Å². The summed E-state index contributed by atoms with van der Waals surface area (Å²) < 4.78 is 24.7. The topological polar surface area (TPSA) is 12.0 Å². The Morgan fingerprint density at radius 1 is 1.46 bits per heavy atom. The maximum absolute atomic E-state index is 12.3. The summed E-state index contributed by atoms with van der Waals surface area (Å²) in [6.45, 7) is 2.54. The Hall–Kier alpha value is -0.830. The number of benzene rings is 1. The quantitative estimate of drug-likeness (QED) is 0.793. The second kappa shape index (κ2) is 4.42. The van der Waals surface area contributed by atoms with Gasteiger partial charge in [0.05, 0.1) is 10.7 Å². The van der Waals surface area contributed by atoms with Crippen molar-refractivity contribution in [3.8, 4) is 0 Å². The molecule has 0 atom stereocenters. The molecule has 0 aliphatic heterocycles. The van der Waals surface area contributed by atoms with Crippen LogP contribution in [0.25, 0.3) is 0 Å². The lowest BCUT2D eigenvalue weighted by molar-refractivity contribution is 0.151. The van der Waals surface area contributed by atoms with Gasteiger partial charge in [0.2, 0.25) is 0 Å².